The van der Waals surface area contributed by atoms with Crippen LogP contribution in [-0.4, -0.2) is 11.6 Å². The topological polar surface area (TPSA) is 34.1 Å². The first-order valence-corrected chi connectivity index (χ1v) is 4.72. The maximum absolute atomic E-state index is 11.4. The smallest absolute Gasteiger partial charge is 0.139 e. The van der Waals surface area contributed by atoms with Gasteiger partial charge in [-0.2, -0.15) is 0 Å². The highest BCUT2D eigenvalue weighted by molar-refractivity contribution is 5.89. The van der Waals surface area contributed by atoms with Crippen molar-refractivity contribution in [3.05, 3.63) is 0 Å². The van der Waals surface area contributed by atoms with Crippen LogP contribution in [0.4, 0.5) is 0 Å². The van der Waals surface area contributed by atoms with E-state index in [1.807, 2.05) is 0 Å². The Morgan fingerprint density at radius 3 is 2.17 bits per heavy atom. The first kappa shape index (κ1) is 7.96. The summed E-state index contributed by atoms with van der Waals surface area (Å²) in [5.74, 6) is 1.38. The fourth-order valence-corrected chi connectivity index (χ4v) is 2.60. The third-order valence-corrected chi connectivity index (χ3v) is 3.38. The molecule has 0 radical (unpaired) electrons. The van der Waals surface area contributed by atoms with Crippen LogP contribution in [-0.2, 0) is 9.59 Å². The number of rotatable bonds is 1. The van der Waals surface area contributed by atoms with E-state index in [4.69, 9.17) is 0 Å². The van der Waals surface area contributed by atoms with Crippen LogP contribution in [0.1, 0.15) is 32.6 Å². The Hall–Kier alpha value is -0.660. The minimum absolute atomic E-state index is 0.195. The van der Waals surface area contributed by atoms with Crippen LogP contribution in [0.5, 0.6) is 0 Å². The Bertz CT molecular complexity index is 216. The molecule has 2 rings (SSSR count). The van der Waals surface area contributed by atoms with Gasteiger partial charge in [-0.05, 0) is 32.6 Å². The van der Waals surface area contributed by atoms with E-state index in [0.29, 0.717) is 5.78 Å². The molecule has 0 aromatic rings. The van der Waals surface area contributed by atoms with Gasteiger partial charge in [-0.25, -0.2) is 0 Å². The molecular weight excluding hydrogens is 152 g/mol. The number of hydrogen-bond acceptors (Lipinski definition) is 2. The van der Waals surface area contributed by atoms with Crippen LogP contribution >= 0.6 is 0 Å². The van der Waals surface area contributed by atoms with Gasteiger partial charge in [-0.15, -0.1) is 0 Å². The maximum Gasteiger partial charge on any atom is 0.139 e. The van der Waals surface area contributed by atoms with Crippen LogP contribution in [0.2, 0.25) is 0 Å². The summed E-state index contributed by atoms with van der Waals surface area (Å²) in [5.41, 5.74) is 0. The molecule has 66 valence electrons. The van der Waals surface area contributed by atoms with Crippen LogP contribution in [0.15, 0.2) is 0 Å². The predicted octanol–water partition coefficient (Wildman–Crippen LogP) is 1.58. The lowest BCUT2D eigenvalue weighted by Gasteiger charge is -2.24. The SMILES string of the molecule is CC(=O)C1CC2CCC(C1)C2=O. The maximum atomic E-state index is 11.4. The molecule has 2 aliphatic rings. The molecule has 12 heavy (non-hydrogen) atoms. The fourth-order valence-electron chi connectivity index (χ4n) is 2.60. The second-order valence-electron chi connectivity index (χ2n) is 4.15. The fraction of sp³-hybridized carbons (Fsp3) is 0.800. The van der Waals surface area contributed by atoms with Gasteiger partial charge in [-0.3, -0.25) is 9.59 Å². The number of ketones is 2. The van der Waals surface area contributed by atoms with Crippen molar-refractivity contribution in [1.82, 2.24) is 0 Å². The number of fused-ring (bicyclic) bond motifs is 2. The van der Waals surface area contributed by atoms with Gasteiger partial charge in [-0.1, -0.05) is 0 Å². The standard InChI is InChI=1S/C10H14O2/c1-6(11)9-4-7-2-3-8(5-9)10(7)12/h7-9H,2-5H2,1H3. The Morgan fingerprint density at radius 2 is 1.75 bits per heavy atom. The van der Waals surface area contributed by atoms with Crippen molar-refractivity contribution in [3.8, 4) is 0 Å². The van der Waals surface area contributed by atoms with Gasteiger partial charge in [0.15, 0.2) is 0 Å². The van der Waals surface area contributed by atoms with Crippen molar-refractivity contribution in [1.29, 1.82) is 0 Å². The molecule has 2 bridgehead atoms. The van der Waals surface area contributed by atoms with Crippen molar-refractivity contribution < 1.29 is 9.59 Å². The van der Waals surface area contributed by atoms with E-state index < -0.39 is 0 Å². The van der Waals surface area contributed by atoms with Gasteiger partial charge in [0.1, 0.15) is 11.6 Å². The predicted molar refractivity (Wildman–Crippen MR) is 44.6 cm³/mol. The molecule has 2 nitrogen and oxygen atoms in total. The van der Waals surface area contributed by atoms with Gasteiger partial charge in [0.05, 0.1) is 0 Å². The van der Waals surface area contributed by atoms with Gasteiger partial charge < -0.3 is 0 Å². The van der Waals surface area contributed by atoms with Crippen molar-refractivity contribution in [2.24, 2.45) is 17.8 Å². The average molecular weight is 166 g/mol. The van der Waals surface area contributed by atoms with Crippen LogP contribution in [0.3, 0.4) is 0 Å². The molecule has 0 heterocycles. The summed E-state index contributed by atoms with van der Waals surface area (Å²) in [6, 6.07) is 0. The Morgan fingerprint density at radius 1 is 1.25 bits per heavy atom. The molecule has 2 fully saturated rings. The molecular formula is C10H14O2. The number of carbonyl (C=O) groups excluding carboxylic acids is 2. The zero-order valence-electron chi connectivity index (χ0n) is 7.38. The van der Waals surface area contributed by atoms with Gasteiger partial charge in [0.25, 0.3) is 0 Å². The molecule has 0 saturated heterocycles. The van der Waals surface area contributed by atoms with E-state index in [-0.39, 0.29) is 23.5 Å². The second-order valence-corrected chi connectivity index (χ2v) is 4.15. The summed E-state index contributed by atoms with van der Waals surface area (Å²) >= 11 is 0. The highest BCUT2D eigenvalue weighted by Crippen LogP contribution is 2.42. The monoisotopic (exact) mass is 166 g/mol. The van der Waals surface area contributed by atoms with Gasteiger partial charge in [0, 0.05) is 17.8 Å². The minimum atomic E-state index is 0.195. The number of carbonyl (C=O) groups is 2. The minimum Gasteiger partial charge on any atom is -0.300 e. The Balaban J connectivity index is 2.12. The average Bonchev–Trinajstić information content (AvgIpc) is 2.30. The van der Waals surface area contributed by atoms with E-state index in [2.05, 4.69) is 0 Å². The normalized spacial score (nSPS) is 40.1. The molecule has 0 aromatic carbocycles. The second kappa shape index (κ2) is 2.68. The van der Waals surface area contributed by atoms with E-state index in [9.17, 15) is 9.59 Å². The van der Waals surface area contributed by atoms with Crippen LogP contribution in [0, 0.1) is 17.8 Å². The van der Waals surface area contributed by atoms with Crippen molar-refractivity contribution in [3.63, 3.8) is 0 Å². The molecule has 0 spiro atoms. The highest BCUT2D eigenvalue weighted by atomic mass is 16.1. The van der Waals surface area contributed by atoms with E-state index >= 15 is 0 Å². The van der Waals surface area contributed by atoms with E-state index in [1.54, 1.807) is 6.92 Å². The zero-order chi connectivity index (χ0) is 8.72. The molecule has 2 saturated carbocycles. The van der Waals surface area contributed by atoms with Crippen LogP contribution in [0.25, 0.3) is 0 Å². The lowest BCUT2D eigenvalue weighted by Crippen LogP contribution is -2.29. The zero-order valence-corrected chi connectivity index (χ0v) is 7.38. The van der Waals surface area contributed by atoms with Crippen molar-refractivity contribution in [2.45, 2.75) is 32.6 Å². The molecule has 0 aromatic heterocycles. The van der Waals surface area contributed by atoms with Crippen LogP contribution < -0.4 is 0 Å². The lowest BCUT2D eigenvalue weighted by atomic mass is 9.78. The molecule has 0 aliphatic heterocycles. The van der Waals surface area contributed by atoms with Gasteiger partial charge in [0.2, 0.25) is 0 Å². The van der Waals surface area contributed by atoms with E-state index in [0.717, 1.165) is 25.7 Å². The third-order valence-electron chi connectivity index (χ3n) is 3.38. The molecule has 0 amide bonds. The summed E-state index contributed by atoms with van der Waals surface area (Å²) in [4.78, 5) is 22.6. The van der Waals surface area contributed by atoms with E-state index in [1.165, 1.54) is 0 Å². The molecule has 2 unspecified atom stereocenters. The van der Waals surface area contributed by atoms with Crippen molar-refractivity contribution in [2.75, 3.05) is 0 Å². The lowest BCUT2D eigenvalue weighted by molar-refractivity contribution is -0.130. The first-order valence-electron chi connectivity index (χ1n) is 4.72. The molecule has 2 aliphatic carbocycles. The summed E-state index contributed by atoms with van der Waals surface area (Å²) in [7, 11) is 0. The summed E-state index contributed by atoms with van der Waals surface area (Å²) in [5, 5.41) is 0. The van der Waals surface area contributed by atoms with Crippen molar-refractivity contribution >= 4 is 11.6 Å². The third kappa shape index (κ3) is 1.10. The quantitative estimate of drug-likeness (QED) is 0.592. The first-order chi connectivity index (χ1) is 5.68. The van der Waals surface area contributed by atoms with Gasteiger partial charge >= 0.3 is 0 Å². The Labute approximate surface area is 72.3 Å². The Kier molecular flexibility index (Phi) is 1.78. The summed E-state index contributed by atoms with van der Waals surface area (Å²) in [6.45, 7) is 1.65. The largest absolute Gasteiger partial charge is 0.300 e. The highest BCUT2D eigenvalue weighted by Gasteiger charge is 2.42. The number of Topliss-reactive ketones (excluding diaryl/α,β-unsaturated/α-hetero) is 2. The summed E-state index contributed by atoms with van der Waals surface area (Å²) in [6.07, 6.45) is 3.75. The number of hydrogen-bond donors (Lipinski definition) is 0. The molecule has 2 heteroatoms. The molecule has 0 N–H and O–H groups in total. The summed E-state index contributed by atoms with van der Waals surface area (Å²) < 4.78 is 0. The molecule has 2 atom stereocenters.